The molecule has 1 fully saturated rings. The second-order valence-corrected chi connectivity index (χ2v) is 8.44. The number of piperazine rings is 1. The molecule has 1 aliphatic heterocycles. The molecule has 3 aromatic rings. The highest BCUT2D eigenvalue weighted by Crippen LogP contribution is 2.35. The molecular formula is C25H30ClN3O2. The number of likely N-dealkylation sites (N-methyl/N-ethyl adjacent to an activating group) is 1. The van der Waals surface area contributed by atoms with E-state index in [-0.39, 0.29) is 11.8 Å². The molecule has 0 saturated carbocycles. The Labute approximate surface area is 188 Å². The highest BCUT2D eigenvalue weighted by molar-refractivity contribution is 6.31. The van der Waals surface area contributed by atoms with Crippen molar-refractivity contribution in [1.82, 2.24) is 14.8 Å². The number of aromatic amines is 1. The minimum absolute atomic E-state index is 0.0559. The van der Waals surface area contributed by atoms with Gasteiger partial charge in [0.2, 0.25) is 5.91 Å². The normalized spacial score (nSPS) is 15.9. The number of H-pyrrole nitrogens is 1. The van der Waals surface area contributed by atoms with E-state index in [0.717, 1.165) is 60.5 Å². The number of amides is 1. The van der Waals surface area contributed by atoms with E-state index in [1.807, 2.05) is 48.4 Å². The predicted molar refractivity (Wildman–Crippen MR) is 126 cm³/mol. The minimum atomic E-state index is -0.0559. The third-order valence-corrected chi connectivity index (χ3v) is 6.43. The van der Waals surface area contributed by atoms with Gasteiger partial charge >= 0.3 is 0 Å². The molecule has 1 aliphatic rings. The van der Waals surface area contributed by atoms with Crippen LogP contribution in [-0.2, 0) is 4.79 Å². The molecule has 5 nitrogen and oxygen atoms in total. The largest absolute Gasteiger partial charge is 0.494 e. The van der Waals surface area contributed by atoms with Crippen molar-refractivity contribution >= 4 is 28.4 Å². The summed E-state index contributed by atoms with van der Waals surface area (Å²) in [6.07, 6.45) is 2.45. The Hall–Kier alpha value is -2.50. The third-order valence-electron chi connectivity index (χ3n) is 6.20. The monoisotopic (exact) mass is 439 g/mol. The molecule has 1 saturated heterocycles. The van der Waals surface area contributed by atoms with Gasteiger partial charge in [-0.3, -0.25) is 4.79 Å². The summed E-state index contributed by atoms with van der Waals surface area (Å²) in [6.45, 7) is 9.28. The molecule has 1 aromatic heterocycles. The van der Waals surface area contributed by atoms with Crippen molar-refractivity contribution in [1.29, 1.82) is 0 Å². The number of carbonyl (C=O) groups excluding carboxylic acids is 1. The topological polar surface area (TPSA) is 48.6 Å². The first kappa shape index (κ1) is 21.7. The lowest BCUT2D eigenvalue weighted by Gasteiger charge is -2.34. The van der Waals surface area contributed by atoms with Crippen LogP contribution in [0.25, 0.3) is 10.9 Å². The summed E-state index contributed by atoms with van der Waals surface area (Å²) in [5, 5.41) is 1.76. The maximum Gasteiger partial charge on any atom is 0.223 e. The van der Waals surface area contributed by atoms with E-state index in [1.54, 1.807) is 0 Å². The number of ether oxygens (including phenoxy) is 1. The standard InChI is InChI=1S/C25H30ClN3O2/c1-3-28-11-13-29(14-12-28)25(30)16-21(18-5-8-20(9-6-18)31-4-2)23-17-27-24-10-7-19(26)15-22(23)24/h5-10,15,17,21,27H,3-4,11-14,16H2,1-2H3/t21-/m1/s1. The van der Waals surface area contributed by atoms with Crippen LogP contribution in [0.5, 0.6) is 5.75 Å². The Morgan fingerprint density at radius 3 is 2.52 bits per heavy atom. The first-order chi connectivity index (χ1) is 15.1. The first-order valence-electron chi connectivity index (χ1n) is 11.1. The summed E-state index contributed by atoms with van der Waals surface area (Å²) in [7, 11) is 0. The highest BCUT2D eigenvalue weighted by atomic mass is 35.5. The van der Waals surface area contributed by atoms with E-state index in [4.69, 9.17) is 16.3 Å². The van der Waals surface area contributed by atoms with Crippen LogP contribution in [0.2, 0.25) is 5.02 Å². The van der Waals surface area contributed by atoms with Crippen LogP contribution in [-0.4, -0.2) is 60.0 Å². The number of rotatable bonds is 7. The summed E-state index contributed by atoms with van der Waals surface area (Å²) >= 11 is 6.30. The Morgan fingerprint density at radius 1 is 1.10 bits per heavy atom. The van der Waals surface area contributed by atoms with Crippen LogP contribution in [0.1, 0.15) is 37.3 Å². The lowest BCUT2D eigenvalue weighted by molar-refractivity contribution is -0.133. The predicted octanol–water partition coefficient (Wildman–Crippen LogP) is 4.91. The van der Waals surface area contributed by atoms with Crippen LogP contribution >= 0.6 is 11.6 Å². The number of benzene rings is 2. The van der Waals surface area contributed by atoms with Gasteiger partial charge in [-0.1, -0.05) is 30.7 Å². The van der Waals surface area contributed by atoms with E-state index >= 15 is 0 Å². The summed E-state index contributed by atoms with van der Waals surface area (Å²) in [5.74, 6) is 0.986. The molecular weight excluding hydrogens is 410 g/mol. The van der Waals surface area contributed by atoms with Crippen molar-refractivity contribution in [2.75, 3.05) is 39.3 Å². The SMILES string of the molecule is CCOc1ccc([C@@H](CC(=O)N2CCN(CC)CC2)c2c[nH]c3ccc(Cl)cc23)cc1. The zero-order valence-electron chi connectivity index (χ0n) is 18.2. The molecule has 2 aromatic carbocycles. The molecule has 0 radical (unpaired) electrons. The number of carbonyl (C=O) groups is 1. The summed E-state index contributed by atoms with van der Waals surface area (Å²) < 4.78 is 5.61. The van der Waals surface area contributed by atoms with Crippen LogP contribution in [0.3, 0.4) is 0 Å². The van der Waals surface area contributed by atoms with Crippen molar-refractivity contribution in [2.45, 2.75) is 26.2 Å². The van der Waals surface area contributed by atoms with Gasteiger partial charge in [0.05, 0.1) is 6.61 Å². The minimum Gasteiger partial charge on any atom is -0.494 e. The third kappa shape index (κ3) is 4.89. The number of fused-ring (bicyclic) bond motifs is 1. The van der Waals surface area contributed by atoms with Gasteiger partial charge < -0.3 is 19.5 Å². The number of aromatic nitrogens is 1. The van der Waals surface area contributed by atoms with E-state index < -0.39 is 0 Å². The Morgan fingerprint density at radius 2 is 1.84 bits per heavy atom. The summed E-state index contributed by atoms with van der Waals surface area (Å²) in [6, 6.07) is 14.0. The van der Waals surface area contributed by atoms with Crippen molar-refractivity contribution in [3.63, 3.8) is 0 Å². The lowest BCUT2D eigenvalue weighted by Crippen LogP contribution is -2.48. The fraction of sp³-hybridized carbons (Fsp3) is 0.400. The zero-order valence-corrected chi connectivity index (χ0v) is 19.0. The van der Waals surface area contributed by atoms with Gasteiger partial charge in [0, 0.05) is 60.6 Å². The van der Waals surface area contributed by atoms with Crippen LogP contribution in [0, 0.1) is 0 Å². The van der Waals surface area contributed by atoms with Crippen molar-refractivity contribution < 1.29 is 9.53 Å². The Bertz CT molecular complexity index is 1020. The molecule has 0 aliphatic carbocycles. The summed E-state index contributed by atoms with van der Waals surface area (Å²) in [4.78, 5) is 21.0. The maximum absolute atomic E-state index is 13.3. The van der Waals surface area contributed by atoms with Crippen LogP contribution in [0.15, 0.2) is 48.7 Å². The number of hydrogen-bond donors (Lipinski definition) is 1. The van der Waals surface area contributed by atoms with Gasteiger partial charge in [-0.25, -0.2) is 0 Å². The second kappa shape index (κ2) is 9.75. The zero-order chi connectivity index (χ0) is 21.8. The maximum atomic E-state index is 13.3. The van der Waals surface area contributed by atoms with Gasteiger partial charge in [-0.05, 0) is 54.9 Å². The smallest absolute Gasteiger partial charge is 0.223 e. The number of hydrogen-bond acceptors (Lipinski definition) is 3. The van der Waals surface area contributed by atoms with Crippen molar-refractivity contribution in [3.05, 3.63) is 64.8 Å². The molecule has 0 bridgehead atoms. The fourth-order valence-corrected chi connectivity index (χ4v) is 4.56. The lowest BCUT2D eigenvalue weighted by atomic mass is 9.87. The average molecular weight is 440 g/mol. The van der Waals surface area contributed by atoms with Crippen molar-refractivity contribution in [3.8, 4) is 5.75 Å². The van der Waals surface area contributed by atoms with Gasteiger partial charge in [0.25, 0.3) is 0 Å². The van der Waals surface area contributed by atoms with E-state index in [2.05, 4.69) is 28.9 Å². The molecule has 0 spiro atoms. The molecule has 1 N–H and O–H groups in total. The molecule has 6 heteroatoms. The van der Waals surface area contributed by atoms with Crippen molar-refractivity contribution in [2.24, 2.45) is 0 Å². The van der Waals surface area contributed by atoms with Gasteiger partial charge in [-0.2, -0.15) is 0 Å². The Kier molecular flexibility index (Phi) is 6.83. The van der Waals surface area contributed by atoms with E-state index in [0.29, 0.717) is 18.1 Å². The molecule has 0 unspecified atom stereocenters. The number of halogens is 1. The number of nitrogens with one attached hydrogen (secondary N) is 1. The van der Waals surface area contributed by atoms with Crippen LogP contribution < -0.4 is 4.74 Å². The van der Waals surface area contributed by atoms with Gasteiger partial charge in [0.1, 0.15) is 5.75 Å². The average Bonchev–Trinajstić information content (AvgIpc) is 3.21. The fourth-order valence-electron chi connectivity index (χ4n) is 4.39. The molecule has 164 valence electrons. The Balaban J connectivity index is 1.64. The highest BCUT2D eigenvalue weighted by Gasteiger charge is 2.26. The van der Waals surface area contributed by atoms with Gasteiger partial charge in [-0.15, -0.1) is 0 Å². The molecule has 4 rings (SSSR count). The van der Waals surface area contributed by atoms with Gasteiger partial charge in [0.15, 0.2) is 0 Å². The second-order valence-electron chi connectivity index (χ2n) is 8.01. The molecule has 31 heavy (non-hydrogen) atoms. The van der Waals surface area contributed by atoms with E-state index in [1.165, 1.54) is 0 Å². The van der Waals surface area contributed by atoms with Crippen LogP contribution in [0.4, 0.5) is 0 Å². The molecule has 2 heterocycles. The van der Waals surface area contributed by atoms with E-state index in [9.17, 15) is 4.79 Å². The quantitative estimate of drug-likeness (QED) is 0.569. The number of nitrogens with zero attached hydrogens (tertiary/aromatic N) is 2. The summed E-state index contributed by atoms with van der Waals surface area (Å²) in [5.41, 5.74) is 3.23. The molecule has 1 amide bonds. The molecule has 1 atom stereocenters. The first-order valence-corrected chi connectivity index (χ1v) is 11.5.